The van der Waals surface area contributed by atoms with Crippen LogP contribution in [0.1, 0.15) is 18.1 Å². The SMILES string of the molecule is CCc1ccc(-c2cc(Cl)cc3c2O[C@H](C(F)(F)F)C(C(=O)C(=O)[O-])=C3)cc1. The molecule has 0 radical (unpaired) electrons. The van der Waals surface area contributed by atoms with Gasteiger partial charge in [-0.15, -0.1) is 0 Å². The summed E-state index contributed by atoms with van der Waals surface area (Å²) in [5, 5.41) is 11.0. The Morgan fingerprint density at radius 1 is 1.18 bits per heavy atom. The molecule has 4 nitrogen and oxygen atoms in total. The van der Waals surface area contributed by atoms with Gasteiger partial charge in [-0.25, -0.2) is 0 Å². The number of benzene rings is 2. The Kier molecular flexibility index (Phi) is 5.21. The van der Waals surface area contributed by atoms with Gasteiger partial charge in [0, 0.05) is 16.1 Å². The van der Waals surface area contributed by atoms with Crippen LogP contribution in [0.2, 0.25) is 5.02 Å². The van der Waals surface area contributed by atoms with Crippen molar-refractivity contribution >= 4 is 29.4 Å². The molecule has 0 aliphatic carbocycles. The summed E-state index contributed by atoms with van der Waals surface area (Å²) in [6.07, 6.45) is -6.10. The van der Waals surface area contributed by atoms with E-state index in [1.54, 1.807) is 12.1 Å². The van der Waals surface area contributed by atoms with Gasteiger partial charge < -0.3 is 14.6 Å². The molecule has 3 rings (SSSR count). The highest BCUT2D eigenvalue weighted by atomic mass is 35.5. The summed E-state index contributed by atoms with van der Waals surface area (Å²) in [6.45, 7) is 1.97. The second-order valence-corrected chi connectivity index (χ2v) is 6.61. The number of rotatable bonds is 4. The summed E-state index contributed by atoms with van der Waals surface area (Å²) in [4.78, 5) is 22.6. The summed E-state index contributed by atoms with van der Waals surface area (Å²) < 4.78 is 45.5. The number of carbonyl (C=O) groups is 2. The van der Waals surface area contributed by atoms with Crippen LogP contribution in [0.25, 0.3) is 17.2 Å². The van der Waals surface area contributed by atoms with Crippen LogP contribution in [0.15, 0.2) is 42.0 Å². The summed E-state index contributed by atoms with van der Waals surface area (Å²) in [7, 11) is 0. The Bertz CT molecular complexity index is 978. The Morgan fingerprint density at radius 2 is 1.82 bits per heavy atom. The third-order valence-electron chi connectivity index (χ3n) is 4.33. The van der Waals surface area contributed by atoms with E-state index in [9.17, 15) is 27.9 Å². The Balaban J connectivity index is 2.20. The molecule has 28 heavy (non-hydrogen) atoms. The number of aryl methyl sites for hydroxylation is 1. The predicted molar refractivity (Wildman–Crippen MR) is 94.7 cm³/mol. The van der Waals surface area contributed by atoms with Crippen LogP contribution >= 0.6 is 11.6 Å². The van der Waals surface area contributed by atoms with E-state index in [1.165, 1.54) is 12.1 Å². The summed E-state index contributed by atoms with van der Waals surface area (Å²) in [5.41, 5.74) is 0.924. The van der Waals surface area contributed by atoms with Crippen LogP contribution in [-0.2, 0) is 16.0 Å². The number of Topliss-reactive ketones (excluding diaryl/α,β-unsaturated/α-hetero) is 1. The van der Waals surface area contributed by atoms with E-state index in [0.29, 0.717) is 11.1 Å². The standard InChI is InChI=1S/C20H14ClF3O4/c1-2-10-3-5-11(6-4-10)14-9-13(21)7-12-8-15(16(25)19(26)27)18(20(22,23)24)28-17(12)14/h3-9,18H,2H2,1H3,(H,26,27)/p-1/t18-/m0/s1. The fraction of sp³-hybridized carbons (Fsp3) is 0.200. The zero-order valence-electron chi connectivity index (χ0n) is 14.5. The average Bonchev–Trinajstić information content (AvgIpc) is 2.65. The molecular weight excluding hydrogens is 397 g/mol. The molecule has 1 aliphatic heterocycles. The summed E-state index contributed by atoms with van der Waals surface area (Å²) in [6, 6.07) is 9.86. The third-order valence-corrected chi connectivity index (χ3v) is 4.55. The maximum absolute atomic E-state index is 13.5. The van der Waals surface area contributed by atoms with Crippen LogP contribution < -0.4 is 9.84 Å². The quantitative estimate of drug-likeness (QED) is 0.724. The van der Waals surface area contributed by atoms with Gasteiger partial charge in [-0.3, -0.25) is 4.79 Å². The van der Waals surface area contributed by atoms with Gasteiger partial charge in [-0.2, -0.15) is 13.2 Å². The number of fused-ring (bicyclic) bond motifs is 1. The summed E-state index contributed by atoms with van der Waals surface area (Å²) in [5.74, 6) is -4.17. The van der Waals surface area contributed by atoms with Gasteiger partial charge in [0.25, 0.3) is 0 Å². The van der Waals surface area contributed by atoms with Crippen LogP contribution in [0.3, 0.4) is 0 Å². The molecule has 0 saturated carbocycles. The van der Waals surface area contributed by atoms with E-state index in [-0.39, 0.29) is 16.3 Å². The highest BCUT2D eigenvalue weighted by Crippen LogP contribution is 2.44. The second-order valence-electron chi connectivity index (χ2n) is 6.18. The van der Waals surface area contributed by atoms with Crippen LogP contribution in [0, 0.1) is 0 Å². The van der Waals surface area contributed by atoms with Crippen molar-refractivity contribution in [2.75, 3.05) is 0 Å². The number of carboxylic acids is 1. The normalized spacial score (nSPS) is 16.0. The van der Waals surface area contributed by atoms with Gasteiger partial charge in [-0.1, -0.05) is 42.8 Å². The molecule has 0 amide bonds. The monoisotopic (exact) mass is 409 g/mol. The van der Waals surface area contributed by atoms with Crippen molar-refractivity contribution in [3.8, 4) is 16.9 Å². The van der Waals surface area contributed by atoms with Gasteiger partial charge in [0.15, 0.2) is 0 Å². The van der Waals surface area contributed by atoms with Crippen molar-refractivity contribution in [2.24, 2.45) is 0 Å². The Labute approximate surface area is 163 Å². The molecule has 0 unspecified atom stereocenters. The lowest BCUT2D eigenvalue weighted by atomic mass is 9.93. The van der Waals surface area contributed by atoms with Crippen molar-refractivity contribution in [3.63, 3.8) is 0 Å². The predicted octanol–water partition coefficient (Wildman–Crippen LogP) is 3.60. The first-order valence-electron chi connectivity index (χ1n) is 8.25. The number of hydrogen-bond acceptors (Lipinski definition) is 4. The fourth-order valence-corrected chi connectivity index (χ4v) is 3.18. The van der Waals surface area contributed by atoms with Crippen LogP contribution in [0.4, 0.5) is 13.2 Å². The molecule has 0 saturated heterocycles. The molecule has 0 aromatic heterocycles. The number of aliphatic carboxylic acids is 1. The van der Waals surface area contributed by atoms with E-state index < -0.39 is 29.6 Å². The number of carboxylic acid groups (broad SMARTS) is 1. The van der Waals surface area contributed by atoms with Crippen molar-refractivity contribution in [1.82, 2.24) is 0 Å². The third kappa shape index (κ3) is 3.75. The molecule has 0 bridgehead atoms. The smallest absolute Gasteiger partial charge is 0.429 e. The molecule has 1 aliphatic rings. The molecule has 1 heterocycles. The van der Waals surface area contributed by atoms with Gasteiger partial charge in [-0.05, 0) is 35.8 Å². The molecule has 8 heteroatoms. The maximum atomic E-state index is 13.5. The molecule has 2 aromatic rings. The zero-order chi connectivity index (χ0) is 20.6. The van der Waals surface area contributed by atoms with Gasteiger partial charge in [0.1, 0.15) is 11.7 Å². The first-order chi connectivity index (χ1) is 13.1. The lowest BCUT2D eigenvalue weighted by Crippen LogP contribution is -2.44. The highest BCUT2D eigenvalue weighted by Gasteiger charge is 2.48. The minimum absolute atomic E-state index is 0.0761. The molecule has 146 valence electrons. The largest absolute Gasteiger partial charge is 0.541 e. The van der Waals surface area contributed by atoms with E-state index in [4.69, 9.17) is 16.3 Å². The van der Waals surface area contributed by atoms with Crippen molar-refractivity contribution in [3.05, 3.63) is 58.1 Å². The molecule has 0 spiro atoms. The van der Waals surface area contributed by atoms with E-state index in [1.807, 2.05) is 19.1 Å². The Morgan fingerprint density at radius 3 is 2.36 bits per heavy atom. The average molecular weight is 410 g/mol. The molecular formula is C20H13ClF3O4-. The van der Waals surface area contributed by atoms with E-state index in [0.717, 1.165) is 18.1 Å². The van der Waals surface area contributed by atoms with E-state index >= 15 is 0 Å². The van der Waals surface area contributed by atoms with Crippen molar-refractivity contribution in [2.45, 2.75) is 25.6 Å². The van der Waals surface area contributed by atoms with Crippen LogP contribution in [0.5, 0.6) is 5.75 Å². The van der Waals surface area contributed by atoms with Crippen molar-refractivity contribution in [1.29, 1.82) is 0 Å². The molecule has 0 N–H and O–H groups in total. The number of ketones is 1. The number of halogens is 4. The number of ether oxygens (including phenoxy) is 1. The first kappa shape index (κ1) is 19.9. The van der Waals surface area contributed by atoms with Gasteiger partial charge in [0.05, 0.1) is 5.57 Å². The second kappa shape index (κ2) is 7.31. The topological polar surface area (TPSA) is 66.4 Å². The van der Waals surface area contributed by atoms with Gasteiger partial charge in [0.2, 0.25) is 11.9 Å². The lowest BCUT2D eigenvalue weighted by Gasteiger charge is -2.30. The summed E-state index contributed by atoms with van der Waals surface area (Å²) >= 11 is 6.09. The zero-order valence-corrected chi connectivity index (χ0v) is 15.2. The van der Waals surface area contributed by atoms with E-state index in [2.05, 4.69) is 0 Å². The minimum Gasteiger partial charge on any atom is -0.541 e. The first-order valence-corrected chi connectivity index (χ1v) is 8.63. The molecule has 2 aromatic carbocycles. The van der Waals surface area contributed by atoms with Crippen molar-refractivity contribution < 1.29 is 32.6 Å². The molecule has 1 atom stereocenters. The maximum Gasteiger partial charge on any atom is 0.429 e. The van der Waals surface area contributed by atoms with Crippen LogP contribution in [-0.4, -0.2) is 24.0 Å². The number of hydrogen-bond donors (Lipinski definition) is 0. The number of alkyl halides is 3. The lowest BCUT2D eigenvalue weighted by molar-refractivity contribution is -0.299. The fourth-order valence-electron chi connectivity index (χ4n) is 2.96. The molecule has 0 fully saturated rings. The highest BCUT2D eigenvalue weighted by molar-refractivity contribution is 6.40. The number of carbonyl (C=O) groups excluding carboxylic acids is 2. The Hall–Kier alpha value is -2.80. The van der Waals surface area contributed by atoms with Gasteiger partial charge >= 0.3 is 6.18 Å². The minimum atomic E-state index is -5.00.